The maximum Gasteiger partial charge on any atom is 0.276 e. The van der Waals surface area contributed by atoms with E-state index in [1.54, 1.807) is 4.68 Å². The van der Waals surface area contributed by atoms with Crippen molar-refractivity contribution in [3.8, 4) is 5.69 Å². The zero-order valence-electron chi connectivity index (χ0n) is 13.8. The summed E-state index contributed by atoms with van der Waals surface area (Å²) in [6, 6.07) is 9.59. The molecular weight excluding hydrogens is 302 g/mol. The lowest BCUT2D eigenvalue weighted by Crippen LogP contribution is -2.41. The number of aromatic nitrogens is 2. The molecule has 24 heavy (non-hydrogen) atoms. The minimum absolute atomic E-state index is 0.0302. The number of fused-ring (bicyclic) bond motifs is 1. The van der Waals surface area contributed by atoms with Gasteiger partial charge >= 0.3 is 0 Å². The van der Waals surface area contributed by atoms with Crippen LogP contribution in [0.25, 0.3) is 5.69 Å². The SMILES string of the molecule is O=C(C1CCCCC1)N1CCc2[nH]n(-c3ccccc3)c(=O)c2C1. The lowest BCUT2D eigenvalue weighted by atomic mass is 9.88. The Kier molecular flexibility index (Phi) is 4.00. The minimum atomic E-state index is -0.0302. The van der Waals surface area contributed by atoms with Crippen LogP contribution in [0.4, 0.5) is 0 Å². The Bertz CT molecular complexity index is 785. The number of rotatable bonds is 2. The third-order valence-electron chi connectivity index (χ3n) is 5.33. The normalized spacial score (nSPS) is 18.4. The Balaban J connectivity index is 1.58. The van der Waals surface area contributed by atoms with E-state index in [4.69, 9.17) is 0 Å². The van der Waals surface area contributed by atoms with Crippen LogP contribution in [0.2, 0.25) is 0 Å². The monoisotopic (exact) mass is 325 g/mol. The predicted molar refractivity (Wildman–Crippen MR) is 92.1 cm³/mol. The molecule has 1 aromatic heterocycles. The van der Waals surface area contributed by atoms with Crippen LogP contribution in [0, 0.1) is 5.92 Å². The van der Waals surface area contributed by atoms with Crippen LogP contribution in [0.1, 0.15) is 43.4 Å². The Labute approximate surface area is 141 Å². The van der Waals surface area contributed by atoms with Crippen LogP contribution in [0.15, 0.2) is 35.1 Å². The highest BCUT2D eigenvalue weighted by molar-refractivity contribution is 5.79. The summed E-state index contributed by atoms with van der Waals surface area (Å²) in [5.74, 6) is 0.405. The summed E-state index contributed by atoms with van der Waals surface area (Å²) >= 11 is 0. The van der Waals surface area contributed by atoms with Gasteiger partial charge in [0.1, 0.15) is 0 Å². The molecule has 0 spiro atoms. The second-order valence-corrected chi connectivity index (χ2v) is 6.89. The lowest BCUT2D eigenvalue weighted by molar-refractivity contribution is -0.137. The molecule has 1 aliphatic heterocycles. The topological polar surface area (TPSA) is 58.1 Å². The first kappa shape index (κ1) is 15.2. The number of hydrogen-bond donors (Lipinski definition) is 1. The predicted octanol–water partition coefficient (Wildman–Crippen LogP) is 2.63. The van der Waals surface area contributed by atoms with E-state index in [1.807, 2.05) is 35.2 Å². The second-order valence-electron chi connectivity index (χ2n) is 6.89. The number of benzene rings is 1. The first-order chi connectivity index (χ1) is 11.7. The molecule has 2 aromatic rings. The summed E-state index contributed by atoms with van der Waals surface area (Å²) in [7, 11) is 0. The number of nitrogens with one attached hydrogen (secondary N) is 1. The van der Waals surface area contributed by atoms with Crippen molar-refractivity contribution >= 4 is 5.91 Å². The highest BCUT2D eigenvalue weighted by Crippen LogP contribution is 2.27. The minimum Gasteiger partial charge on any atom is -0.337 e. The quantitative estimate of drug-likeness (QED) is 0.923. The van der Waals surface area contributed by atoms with Crippen molar-refractivity contribution in [1.82, 2.24) is 14.7 Å². The number of carbonyl (C=O) groups is 1. The van der Waals surface area contributed by atoms with Crippen molar-refractivity contribution in [1.29, 1.82) is 0 Å². The van der Waals surface area contributed by atoms with Gasteiger partial charge in [-0.15, -0.1) is 0 Å². The molecule has 0 saturated heterocycles. The number of amides is 1. The van der Waals surface area contributed by atoms with Gasteiger partial charge in [0.05, 0.1) is 17.8 Å². The fourth-order valence-corrected chi connectivity index (χ4v) is 3.96. The van der Waals surface area contributed by atoms with Crippen LogP contribution in [0.5, 0.6) is 0 Å². The number of hydrogen-bond acceptors (Lipinski definition) is 2. The zero-order valence-corrected chi connectivity index (χ0v) is 13.8. The molecule has 1 N–H and O–H groups in total. The molecule has 1 amide bonds. The summed E-state index contributed by atoms with van der Waals surface area (Å²) in [6.07, 6.45) is 6.28. The van der Waals surface area contributed by atoms with Gasteiger partial charge in [0.2, 0.25) is 5.91 Å². The van der Waals surface area contributed by atoms with Crippen LogP contribution in [-0.2, 0) is 17.8 Å². The number of carbonyl (C=O) groups excluding carboxylic acids is 1. The smallest absolute Gasteiger partial charge is 0.276 e. The Morgan fingerprint density at radius 2 is 1.83 bits per heavy atom. The van der Waals surface area contributed by atoms with Crippen molar-refractivity contribution in [2.75, 3.05) is 6.54 Å². The molecule has 2 aliphatic rings. The third kappa shape index (κ3) is 2.68. The van der Waals surface area contributed by atoms with E-state index < -0.39 is 0 Å². The summed E-state index contributed by atoms with van der Waals surface area (Å²) in [5.41, 5.74) is 2.52. The molecule has 1 saturated carbocycles. The Morgan fingerprint density at radius 1 is 1.08 bits per heavy atom. The van der Waals surface area contributed by atoms with Gasteiger partial charge in [-0.3, -0.25) is 14.7 Å². The molecule has 0 bridgehead atoms. The Morgan fingerprint density at radius 3 is 2.58 bits per heavy atom. The number of aromatic amines is 1. The summed E-state index contributed by atoms with van der Waals surface area (Å²) < 4.78 is 1.60. The van der Waals surface area contributed by atoms with Crippen LogP contribution in [-0.4, -0.2) is 27.1 Å². The van der Waals surface area contributed by atoms with E-state index in [1.165, 1.54) is 6.42 Å². The fourth-order valence-electron chi connectivity index (χ4n) is 3.96. The number of para-hydroxylation sites is 1. The third-order valence-corrected chi connectivity index (χ3v) is 5.33. The van der Waals surface area contributed by atoms with Gasteiger partial charge in [0.15, 0.2) is 0 Å². The summed E-state index contributed by atoms with van der Waals surface area (Å²) in [5, 5.41) is 3.22. The first-order valence-electron chi connectivity index (χ1n) is 8.91. The van der Waals surface area contributed by atoms with Crippen LogP contribution >= 0.6 is 0 Å². The Hall–Kier alpha value is -2.30. The molecular formula is C19H23N3O2. The largest absolute Gasteiger partial charge is 0.337 e. The maximum absolute atomic E-state index is 12.8. The average molecular weight is 325 g/mol. The molecule has 1 aliphatic carbocycles. The lowest BCUT2D eigenvalue weighted by Gasteiger charge is -2.31. The van der Waals surface area contributed by atoms with Crippen molar-refractivity contribution < 1.29 is 4.79 Å². The van der Waals surface area contributed by atoms with Crippen molar-refractivity contribution in [3.63, 3.8) is 0 Å². The van der Waals surface area contributed by atoms with Crippen molar-refractivity contribution in [3.05, 3.63) is 51.9 Å². The second kappa shape index (κ2) is 6.30. The number of H-pyrrole nitrogens is 1. The molecule has 5 nitrogen and oxygen atoms in total. The van der Waals surface area contributed by atoms with E-state index in [2.05, 4.69) is 5.10 Å². The van der Waals surface area contributed by atoms with Gasteiger partial charge in [-0.25, -0.2) is 4.68 Å². The molecule has 0 unspecified atom stereocenters. The highest BCUT2D eigenvalue weighted by Gasteiger charge is 2.30. The molecule has 0 atom stereocenters. The molecule has 5 heteroatoms. The highest BCUT2D eigenvalue weighted by atomic mass is 16.2. The maximum atomic E-state index is 12.8. The van der Waals surface area contributed by atoms with Crippen molar-refractivity contribution in [2.24, 2.45) is 5.92 Å². The average Bonchev–Trinajstić information content (AvgIpc) is 2.99. The van der Waals surface area contributed by atoms with Crippen molar-refractivity contribution in [2.45, 2.75) is 45.1 Å². The van der Waals surface area contributed by atoms with Gasteiger partial charge < -0.3 is 4.90 Å². The molecule has 4 rings (SSSR count). The fraction of sp³-hybridized carbons (Fsp3) is 0.474. The van der Waals surface area contributed by atoms with E-state index in [0.717, 1.165) is 49.0 Å². The van der Waals surface area contributed by atoms with E-state index in [9.17, 15) is 9.59 Å². The van der Waals surface area contributed by atoms with E-state index in [0.29, 0.717) is 13.1 Å². The van der Waals surface area contributed by atoms with Crippen LogP contribution < -0.4 is 5.56 Å². The van der Waals surface area contributed by atoms with Gasteiger partial charge in [-0.2, -0.15) is 0 Å². The van der Waals surface area contributed by atoms with Crippen LogP contribution in [0.3, 0.4) is 0 Å². The number of nitrogens with zero attached hydrogens (tertiary/aromatic N) is 2. The van der Waals surface area contributed by atoms with Gasteiger partial charge in [0.25, 0.3) is 5.56 Å². The van der Waals surface area contributed by atoms with Gasteiger partial charge in [-0.1, -0.05) is 37.5 Å². The molecule has 126 valence electrons. The zero-order chi connectivity index (χ0) is 16.5. The van der Waals surface area contributed by atoms with Gasteiger partial charge in [-0.05, 0) is 25.0 Å². The summed E-state index contributed by atoms with van der Waals surface area (Å²) in [4.78, 5) is 27.4. The van der Waals surface area contributed by atoms with Gasteiger partial charge in [0, 0.05) is 24.6 Å². The standard InChI is InChI=1S/C19H23N3O2/c23-18(14-7-3-1-4-8-14)21-12-11-17-16(13-21)19(24)22(20-17)15-9-5-2-6-10-15/h2,5-6,9-10,14,20H,1,3-4,7-8,11-13H2. The molecule has 1 aromatic carbocycles. The first-order valence-corrected chi connectivity index (χ1v) is 8.91. The molecule has 2 heterocycles. The summed E-state index contributed by atoms with van der Waals surface area (Å²) in [6.45, 7) is 1.15. The van der Waals surface area contributed by atoms with E-state index in [-0.39, 0.29) is 17.4 Å². The molecule has 1 fully saturated rings. The van der Waals surface area contributed by atoms with E-state index >= 15 is 0 Å². The molecule has 0 radical (unpaired) electrons.